The highest BCUT2D eigenvalue weighted by Gasteiger charge is 2.22. The van der Waals surface area contributed by atoms with Gasteiger partial charge < -0.3 is 15.4 Å². The van der Waals surface area contributed by atoms with Crippen molar-refractivity contribution in [1.29, 1.82) is 0 Å². The maximum absolute atomic E-state index is 5.43. The molecule has 2 aliphatic rings. The van der Waals surface area contributed by atoms with Gasteiger partial charge in [-0.05, 0) is 38.7 Å². The third-order valence-electron chi connectivity index (χ3n) is 4.41. The second-order valence-electron chi connectivity index (χ2n) is 6.24. The summed E-state index contributed by atoms with van der Waals surface area (Å²) in [5, 5.41) is 11.2. The average molecular weight is 314 g/mol. The lowest BCUT2D eigenvalue weighted by Gasteiger charge is -2.23. The molecule has 0 bridgehead atoms. The molecule has 2 aromatic rings. The van der Waals surface area contributed by atoms with Gasteiger partial charge in [-0.3, -0.25) is 4.68 Å². The summed E-state index contributed by atoms with van der Waals surface area (Å²) >= 11 is 0. The van der Waals surface area contributed by atoms with E-state index in [9.17, 15) is 0 Å². The summed E-state index contributed by atoms with van der Waals surface area (Å²) in [4.78, 5) is 8.83. The van der Waals surface area contributed by atoms with E-state index in [0.717, 1.165) is 43.3 Å². The third kappa shape index (κ3) is 3.29. The van der Waals surface area contributed by atoms with Gasteiger partial charge in [0.1, 0.15) is 5.82 Å². The summed E-state index contributed by atoms with van der Waals surface area (Å²) in [6.45, 7) is 3.70. The van der Waals surface area contributed by atoms with Gasteiger partial charge in [0.05, 0.1) is 23.6 Å². The minimum atomic E-state index is 0.420. The topological polar surface area (TPSA) is 76.9 Å². The molecule has 0 atom stereocenters. The van der Waals surface area contributed by atoms with Crippen LogP contribution in [0.15, 0.2) is 18.5 Å². The van der Waals surface area contributed by atoms with Crippen LogP contribution in [0.1, 0.15) is 37.4 Å². The van der Waals surface area contributed by atoms with E-state index in [-0.39, 0.29) is 0 Å². The highest BCUT2D eigenvalue weighted by molar-refractivity contribution is 5.56. The molecule has 1 aliphatic carbocycles. The van der Waals surface area contributed by atoms with Crippen LogP contribution < -0.4 is 10.6 Å². The van der Waals surface area contributed by atoms with Crippen LogP contribution in [-0.4, -0.2) is 39.0 Å². The van der Waals surface area contributed by atoms with Gasteiger partial charge in [0.2, 0.25) is 5.95 Å². The van der Waals surface area contributed by atoms with Crippen molar-refractivity contribution in [3.8, 4) is 0 Å². The molecule has 0 radical (unpaired) electrons. The smallest absolute Gasteiger partial charge is 0.229 e. The number of ether oxygens (including phenoxy) is 1. The van der Waals surface area contributed by atoms with E-state index in [4.69, 9.17) is 4.74 Å². The fourth-order valence-electron chi connectivity index (χ4n) is 2.90. The predicted octanol–water partition coefficient (Wildman–Crippen LogP) is 2.65. The largest absolute Gasteiger partial charge is 0.381 e. The lowest BCUT2D eigenvalue weighted by Crippen LogP contribution is -2.21. The maximum Gasteiger partial charge on any atom is 0.229 e. The van der Waals surface area contributed by atoms with Crippen LogP contribution in [0, 0.1) is 6.92 Å². The molecule has 2 fully saturated rings. The number of hydrogen-bond donors (Lipinski definition) is 2. The summed E-state index contributed by atoms with van der Waals surface area (Å²) in [6, 6.07) is 2.90. The first-order valence-electron chi connectivity index (χ1n) is 8.28. The third-order valence-corrected chi connectivity index (χ3v) is 4.41. The molecule has 122 valence electrons. The van der Waals surface area contributed by atoms with Crippen LogP contribution in [0.3, 0.4) is 0 Å². The van der Waals surface area contributed by atoms with Gasteiger partial charge in [0.25, 0.3) is 0 Å². The van der Waals surface area contributed by atoms with E-state index in [2.05, 4.69) is 37.3 Å². The Balaban J connectivity index is 1.49. The molecule has 23 heavy (non-hydrogen) atoms. The molecule has 7 nitrogen and oxygen atoms in total. The number of hydrogen-bond acceptors (Lipinski definition) is 6. The average Bonchev–Trinajstić information content (AvgIpc) is 3.32. The van der Waals surface area contributed by atoms with Crippen molar-refractivity contribution >= 4 is 17.5 Å². The van der Waals surface area contributed by atoms with E-state index < -0.39 is 0 Å². The van der Waals surface area contributed by atoms with Crippen LogP contribution in [0.2, 0.25) is 0 Å². The molecule has 7 heteroatoms. The standard InChI is InChI=1S/C16H22N6O/c1-11-14(10-18-22(11)13-5-8-23-9-6-13)20-16-17-7-4-15(21-16)19-12-2-3-12/h4,7,10,12-13H,2-3,5-6,8-9H2,1H3,(H2,17,19,20,21). The molecule has 3 heterocycles. The van der Waals surface area contributed by atoms with E-state index >= 15 is 0 Å². The Morgan fingerprint density at radius 2 is 2.04 bits per heavy atom. The molecule has 2 N–H and O–H groups in total. The van der Waals surface area contributed by atoms with Crippen molar-refractivity contribution in [2.75, 3.05) is 23.8 Å². The van der Waals surface area contributed by atoms with E-state index in [1.807, 2.05) is 12.3 Å². The Morgan fingerprint density at radius 3 is 2.83 bits per heavy atom. The number of nitrogens with zero attached hydrogens (tertiary/aromatic N) is 4. The predicted molar refractivity (Wildman–Crippen MR) is 88.0 cm³/mol. The van der Waals surface area contributed by atoms with Gasteiger partial charge in [-0.15, -0.1) is 0 Å². The van der Waals surface area contributed by atoms with Gasteiger partial charge in [0, 0.05) is 25.5 Å². The minimum absolute atomic E-state index is 0.420. The van der Waals surface area contributed by atoms with Crippen molar-refractivity contribution in [2.45, 2.75) is 44.7 Å². The van der Waals surface area contributed by atoms with Crippen molar-refractivity contribution in [1.82, 2.24) is 19.7 Å². The van der Waals surface area contributed by atoms with Crippen LogP contribution in [0.4, 0.5) is 17.5 Å². The lowest BCUT2D eigenvalue weighted by atomic mass is 10.1. The van der Waals surface area contributed by atoms with Gasteiger partial charge in [-0.2, -0.15) is 10.1 Å². The van der Waals surface area contributed by atoms with E-state index in [1.165, 1.54) is 12.8 Å². The SMILES string of the molecule is Cc1c(Nc2nccc(NC3CC3)n2)cnn1C1CCOCC1. The van der Waals surface area contributed by atoms with Crippen LogP contribution in [0.5, 0.6) is 0 Å². The lowest BCUT2D eigenvalue weighted by molar-refractivity contribution is 0.0657. The fraction of sp³-hybridized carbons (Fsp3) is 0.562. The molecular weight excluding hydrogens is 292 g/mol. The van der Waals surface area contributed by atoms with Gasteiger partial charge >= 0.3 is 0 Å². The highest BCUT2D eigenvalue weighted by atomic mass is 16.5. The molecule has 0 spiro atoms. The summed E-state index contributed by atoms with van der Waals surface area (Å²) < 4.78 is 7.52. The fourth-order valence-corrected chi connectivity index (χ4v) is 2.90. The highest BCUT2D eigenvalue weighted by Crippen LogP contribution is 2.27. The Hall–Kier alpha value is -2.15. The molecule has 1 saturated heterocycles. The Bertz CT molecular complexity index is 675. The summed E-state index contributed by atoms with van der Waals surface area (Å²) in [6.07, 6.45) is 8.11. The van der Waals surface area contributed by atoms with Crippen molar-refractivity contribution < 1.29 is 4.74 Å². The molecule has 0 amide bonds. The quantitative estimate of drug-likeness (QED) is 0.883. The van der Waals surface area contributed by atoms with Gasteiger partial charge in [-0.25, -0.2) is 4.98 Å². The van der Waals surface area contributed by atoms with Gasteiger partial charge in [0.15, 0.2) is 0 Å². The zero-order valence-electron chi connectivity index (χ0n) is 13.3. The zero-order chi connectivity index (χ0) is 15.6. The summed E-state index contributed by atoms with van der Waals surface area (Å²) in [7, 11) is 0. The summed E-state index contributed by atoms with van der Waals surface area (Å²) in [5.41, 5.74) is 2.07. The maximum atomic E-state index is 5.43. The molecular formula is C16H22N6O. The Kier molecular flexibility index (Phi) is 3.87. The number of rotatable bonds is 5. The molecule has 2 aromatic heterocycles. The van der Waals surface area contributed by atoms with Crippen LogP contribution in [0.25, 0.3) is 0 Å². The normalized spacial score (nSPS) is 18.8. The molecule has 1 aliphatic heterocycles. The van der Waals surface area contributed by atoms with Crippen LogP contribution >= 0.6 is 0 Å². The Morgan fingerprint density at radius 1 is 1.22 bits per heavy atom. The van der Waals surface area contributed by atoms with Crippen molar-refractivity contribution in [3.63, 3.8) is 0 Å². The first kappa shape index (κ1) is 14.4. The first-order chi connectivity index (χ1) is 11.3. The van der Waals surface area contributed by atoms with E-state index in [1.54, 1.807) is 6.20 Å². The summed E-state index contributed by atoms with van der Waals surface area (Å²) in [5.74, 6) is 1.48. The number of anilines is 3. The van der Waals surface area contributed by atoms with E-state index in [0.29, 0.717) is 18.0 Å². The number of aromatic nitrogens is 4. The molecule has 1 saturated carbocycles. The van der Waals surface area contributed by atoms with Crippen molar-refractivity contribution in [2.24, 2.45) is 0 Å². The Labute approximate surface area is 135 Å². The first-order valence-corrected chi connectivity index (χ1v) is 8.28. The monoisotopic (exact) mass is 314 g/mol. The number of nitrogens with one attached hydrogen (secondary N) is 2. The minimum Gasteiger partial charge on any atom is -0.381 e. The van der Waals surface area contributed by atoms with Crippen LogP contribution in [-0.2, 0) is 4.74 Å². The van der Waals surface area contributed by atoms with Crippen molar-refractivity contribution in [3.05, 3.63) is 24.2 Å². The second kappa shape index (κ2) is 6.16. The molecule has 0 unspecified atom stereocenters. The molecule has 0 aromatic carbocycles. The van der Waals surface area contributed by atoms with Gasteiger partial charge in [-0.1, -0.05) is 0 Å². The zero-order valence-corrected chi connectivity index (χ0v) is 13.3. The second-order valence-corrected chi connectivity index (χ2v) is 6.24. The molecule has 4 rings (SSSR count).